The normalized spacial score (nSPS) is 12.9. The molecule has 6 nitrogen and oxygen atoms in total. The minimum absolute atomic E-state index is 0.0462. The van der Waals surface area contributed by atoms with Crippen molar-refractivity contribution in [1.29, 1.82) is 0 Å². The third-order valence-corrected chi connectivity index (χ3v) is 6.93. The highest BCUT2D eigenvalue weighted by Gasteiger charge is 2.24. The van der Waals surface area contributed by atoms with E-state index in [1.165, 1.54) is 23.7 Å². The van der Waals surface area contributed by atoms with Gasteiger partial charge in [0.25, 0.3) is 5.56 Å². The molecule has 0 saturated carbocycles. The van der Waals surface area contributed by atoms with Crippen LogP contribution in [-0.4, -0.2) is 35.5 Å². The predicted molar refractivity (Wildman–Crippen MR) is 111 cm³/mol. The van der Waals surface area contributed by atoms with Crippen molar-refractivity contribution in [2.45, 2.75) is 30.8 Å². The van der Waals surface area contributed by atoms with Crippen LogP contribution in [0.15, 0.2) is 34.2 Å². The Kier molecular flexibility index (Phi) is 5.41. The quantitative estimate of drug-likeness (QED) is 0.347. The first-order valence-corrected chi connectivity index (χ1v) is 10.8. The van der Waals surface area contributed by atoms with Gasteiger partial charge >= 0.3 is 5.97 Å². The molecule has 0 fully saturated rings. The second kappa shape index (κ2) is 7.97. The zero-order chi connectivity index (χ0) is 19.7. The summed E-state index contributed by atoms with van der Waals surface area (Å²) in [5, 5.41) is 1.33. The highest BCUT2D eigenvalue weighted by molar-refractivity contribution is 7.99. The van der Waals surface area contributed by atoms with Crippen LogP contribution in [0, 0.1) is 0 Å². The molecule has 2 aromatic heterocycles. The third kappa shape index (κ3) is 3.42. The van der Waals surface area contributed by atoms with E-state index in [9.17, 15) is 9.59 Å². The molecule has 28 heavy (non-hydrogen) atoms. The fraction of sp³-hybridized carbons (Fsp3) is 0.350. The molecule has 0 saturated heterocycles. The van der Waals surface area contributed by atoms with E-state index in [2.05, 4.69) is 0 Å². The number of ether oxygens (including phenoxy) is 2. The number of benzene rings is 1. The Morgan fingerprint density at radius 2 is 2.04 bits per heavy atom. The minimum Gasteiger partial charge on any atom is -0.497 e. The van der Waals surface area contributed by atoms with Crippen LogP contribution in [0.25, 0.3) is 15.9 Å². The molecule has 0 atom stereocenters. The summed E-state index contributed by atoms with van der Waals surface area (Å²) >= 11 is 3.01. The average molecular weight is 417 g/mol. The van der Waals surface area contributed by atoms with Crippen LogP contribution in [-0.2, 0) is 22.4 Å². The second-order valence-electron chi connectivity index (χ2n) is 6.45. The lowest BCUT2D eigenvalue weighted by Crippen LogP contribution is -2.22. The standard InChI is InChI=1S/C20H20N2O4S2/c1-25-13-8-6-12(7-9-13)22-19(24)17-14-4-3-5-15(14)28-18(17)21-20(22)27-11-10-16(23)26-2/h6-9H,3-5,10-11H2,1-2H3. The molecule has 8 heteroatoms. The number of nitrogens with zero attached hydrogens (tertiary/aromatic N) is 2. The number of hydrogen-bond acceptors (Lipinski definition) is 7. The molecule has 0 radical (unpaired) electrons. The molecular weight excluding hydrogens is 396 g/mol. The summed E-state index contributed by atoms with van der Waals surface area (Å²) in [6.07, 6.45) is 3.31. The lowest BCUT2D eigenvalue weighted by Gasteiger charge is -2.13. The van der Waals surface area contributed by atoms with Gasteiger partial charge in [-0.2, -0.15) is 0 Å². The topological polar surface area (TPSA) is 70.4 Å². The highest BCUT2D eigenvalue weighted by Crippen LogP contribution is 2.36. The molecule has 2 heterocycles. The fourth-order valence-electron chi connectivity index (χ4n) is 3.41. The zero-order valence-corrected chi connectivity index (χ0v) is 17.3. The Morgan fingerprint density at radius 3 is 2.75 bits per heavy atom. The van der Waals surface area contributed by atoms with Crippen molar-refractivity contribution in [3.05, 3.63) is 45.1 Å². The van der Waals surface area contributed by atoms with Crippen molar-refractivity contribution in [3.8, 4) is 11.4 Å². The lowest BCUT2D eigenvalue weighted by molar-refractivity contribution is -0.140. The molecule has 0 N–H and O–H groups in total. The van der Waals surface area contributed by atoms with E-state index < -0.39 is 0 Å². The summed E-state index contributed by atoms with van der Waals surface area (Å²) in [5.74, 6) is 0.940. The van der Waals surface area contributed by atoms with Gasteiger partial charge < -0.3 is 9.47 Å². The van der Waals surface area contributed by atoms with Crippen molar-refractivity contribution >= 4 is 39.3 Å². The Labute approximate surface area is 170 Å². The summed E-state index contributed by atoms with van der Waals surface area (Å²) in [7, 11) is 2.98. The van der Waals surface area contributed by atoms with E-state index >= 15 is 0 Å². The van der Waals surface area contributed by atoms with Crippen molar-refractivity contribution < 1.29 is 14.3 Å². The van der Waals surface area contributed by atoms with Crippen LogP contribution in [0.5, 0.6) is 5.75 Å². The number of carbonyl (C=O) groups is 1. The Balaban J connectivity index is 1.82. The molecule has 0 unspecified atom stereocenters. The van der Waals surface area contributed by atoms with Gasteiger partial charge in [0, 0.05) is 10.6 Å². The number of rotatable bonds is 6. The molecule has 146 valence electrons. The molecular formula is C20H20N2O4S2. The van der Waals surface area contributed by atoms with Crippen LogP contribution < -0.4 is 10.3 Å². The van der Waals surface area contributed by atoms with E-state index in [0.717, 1.165) is 46.5 Å². The van der Waals surface area contributed by atoms with Gasteiger partial charge in [-0.3, -0.25) is 14.2 Å². The Hall–Kier alpha value is -2.32. The zero-order valence-electron chi connectivity index (χ0n) is 15.7. The Morgan fingerprint density at radius 1 is 1.25 bits per heavy atom. The van der Waals surface area contributed by atoms with Gasteiger partial charge in [-0.1, -0.05) is 11.8 Å². The van der Waals surface area contributed by atoms with Crippen LogP contribution in [0.4, 0.5) is 0 Å². The Bertz CT molecular complexity index is 1090. The summed E-state index contributed by atoms with van der Waals surface area (Å²) in [6, 6.07) is 7.36. The predicted octanol–water partition coefficient (Wildman–Crippen LogP) is 3.60. The van der Waals surface area contributed by atoms with Gasteiger partial charge in [0.15, 0.2) is 5.16 Å². The van der Waals surface area contributed by atoms with Gasteiger partial charge in [-0.05, 0) is 49.1 Å². The summed E-state index contributed by atoms with van der Waals surface area (Å²) in [6.45, 7) is 0. The fourth-order valence-corrected chi connectivity index (χ4v) is 5.64. The number of aromatic nitrogens is 2. The number of thioether (sulfide) groups is 1. The minimum atomic E-state index is -0.276. The number of methoxy groups -OCH3 is 2. The van der Waals surface area contributed by atoms with Crippen molar-refractivity contribution in [3.63, 3.8) is 0 Å². The highest BCUT2D eigenvalue weighted by atomic mass is 32.2. The van der Waals surface area contributed by atoms with Crippen LogP contribution in [0.2, 0.25) is 0 Å². The monoisotopic (exact) mass is 416 g/mol. The third-order valence-electron chi connectivity index (χ3n) is 4.80. The number of aryl methyl sites for hydroxylation is 2. The van der Waals surface area contributed by atoms with Crippen LogP contribution >= 0.6 is 23.1 Å². The first-order chi connectivity index (χ1) is 13.6. The van der Waals surface area contributed by atoms with E-state index in [-0.39, 0.29) is 17.9 Å². The van der Waals surface area contributed by atoms with Crippen molar-refractivity contribution in [2.75, 3.05) is 20.0 Å². The van der Waals surface area contributed by atoms with Crippen molar-refractivity contribution in [1.82, 2.24) is 9.55 Å². The van der Waals surface area contributed by atoms with Crippen molar-refractivity contribution in [2.24, 2.45) is 0 Å². The number of esters is 1. The molecule has 0 amide bonds. The van der Waals surface area contributed by atoms with Crippen LogP contribution in [0.3, 0.4) is 0 Å². The number of carbonyl (C=O) groups excluding carboxylic acids is 1. The summed E-state index contributed by atoms with van der Waals surface area (Å²) < 4.78 is 11.6. The lowest BCUT2D eigenvalue weighted by atomic mass is 10.2. The maximum absolute atomic E-state index is 13.5. The number of thiophene rings is 1. The first-order valence-electron chi connectivity index (χ1n) is 9.03. The van der Waals surface area contributed by atoms with E-state index in [0.29, 0.717) is 10.9 Å². The van der Waals surface area contributed by atoms with Gasteiger partial charge in [0.1, 0.15) is 10.6 Å². The summed E-state index contributed by atoms with van der Waals surface area (Å²) in [4.78, 5) is 31.8. The van der Waals surface area contributed by atoms with Gasteiger partial charge in [0.05, 0.1) is 31.7 Å². The molecule has 0 aliphatic heterocycles. The summed E-state index contributed by atoms with van der Waals surface area (Å²) in [5.41, 5.74) is 1.85. The molecule has 1 aliphatic rings. The van der Waals surface area contributed by atoms with Gasteiger partial charge in [-0.15, -0.1) is 11.3 Å². The number of hydrogen-bond donors (Lipinski definition) is 0. The SMILES string of the molecule is COC(=O)CCSc1nc2sc3c(c2c(=O)n1-c1ccc(OC)cc1)CCC3. The molecule has 1 aliphatic carbocycles. The average Bonchev–Trinajstić information content (AvgIpc) is 3.29. The molecule has 1 aromatic carbocycles. The maximum atomic E-state index is 13.5. The molecule has 0 spiro atoms. The van der Waals surface area contributed by atoms with Crippen LogP contribution in [0.1, 0.15) is 23.3 Å². The van der Waals surface area contributed by atoms with Gasteiger partial charge in [-0.25, -0.2) is 4.98 Å². The largest absolute Gasteiger partial charge is 0.497 e. The van der Waals surface area contributed by atoms with Gasteiger partial charge in [0.2, 0.25) is 0 Å². The number of fused-ring (bicyclic) bond motifs is 3. The second-order valence-corrected chi connectivity index (χ2v) is 8.59. The van der Waals surface area contributed by atoms with E-state index in [1.54, 1.807) is 23.0 Å². The first kappa shape index (κ1) is 19.0. The van der Waals surface area contributed by atoms with E-state index in [1.807, 2.05) is 24.3 Å². The smallest absolute Gasteiger partial charge is 0.306 e. The molecule has 4 rings (SSSR count). The molecule has 3 aromatic rings. The molecule has 0 bridgehead atoms. The maximum Gasteiger partial charge on any atom is 0.306 e. The van der Waals surface area contributed by atoms with E-state index in [4.69, 9.17) is 14.5 Å².